The zero-order chi connectivity index (χ0) is 13.3. The molecular formula is C15H34N2. The lowest BCUT2D eigenvalue weighted by molar-refractivity contribution is 0.216. The zero-order valence-electron chi connectivity index (χ0n) is 12.9. The van der Waals surface area contributed by atoms with Crippen LogP contribution in [-0.4, -0.2) is 37.6 Å². The maximum Gasteiger partial charge on any atom is 0.000450 e. The Labute approximate surface area is 109 Å². The fourth-order valence-electron chi connectivity index (χ4n) is 2.11. The van der Waals surface area contributed by atoms with Gasteiger partial charge < -0.3 is 10.2 Å². The Morgan fingerprint density at radius 2 is 1.35 bits per heavy atom. The molecule has 0 saturated carbocycles. The molecule has 0 fully saturated rings. The van der Waals surface area contributed by atoms with Crippen molar-refractivity contribution in [3.8, 4) is 0 Å². The molecule has 0 aromatic rings. The standard InChI is InChI=1S/C15H34N2/c1-13(2)10-16-8-7-9-17(11-14(3)4)12-15(5)6/h13-16H,7-12H2,1-6H3. The van der Waals surface area contributed by atoms with Gasteiger partial charge in [-0.3, -0.25) is 0 Å². The number of hydrogen-bond acceptors (Lipinski definition) is 2. The normalized spacial score (nSPS) is 12.4. The maximum atomic E-state index is 3.52. The van der Waals surface area contributed by atoms with Crippen LogP contribution in [0.3, 0.4) is 0 Å². The van der Waals surface area contributed by atoms with Crippen molar-refractivity contribution in [3.63, 3.8) is 0 Å². The Morgan fingerprint density at radius 3 is 1.76 bits per heavy atom. The summed E-state index contributed by atoms with van der Waals surface area (Å²) in [7, 11) is 0. The third kappa shape index (κ3) is 12.2. The molecule has 2 heteroatoms. The molecule has 0 amide bonds. The topological polar surface area (TPSA) is 15.3 Å². The molecular weight excluding hydrogens is 208 g/mol. The molecule has 0 unspecified atom stereocenters. The first-order valence-electron chi connectivity index (χ1n) is 7.34. The van der Waals surface area contributed by atoms with E-state index < -0.39 is 0 Å². The SMILES string of the molecule is CC(C)CNCCCN(CC(C)C)CC(C)C. The van der Waals surface area contributed by atoms with Crippen molar-refractivity contribution < 1.29 is 0 Å². The summed E-state index contributed by atoms with van der Waals surface area (Å²) in [5.74, 6) is 2.31. The largest absolute Gasteiger partial charge is 0.316 e. The Morgan fingerprint density at radius 1 is 0.824 bits per heavy atom. The molecule has 0 aromatic heterocycles. The summed E-state index contributed by atoms with van der Waals surface area (Å²) in [6.07, 6.45) is 1.27. The van der Waals surface area contributed by atoms with Gasteiger partial charge in [-0.15, -0.1) is 0 Å². The maximum absolute atomic E-state index is 3.52. The molecule has 0 aliphatic rings. The van der Waals surface area contributed by atoms with Gasteiger partial charge in [0.1, 0.15) is 0 Å². The highest BCUT2D eigenvalue weighted by atomic mass is 15.1. The molecule has 17 heavy (non-hydrogen) atoms. The van der Waals surface area contributed by atoms with Crippen LogP contribution in [0.15, 0.2) is 0 Å². The van der Waals surface area contributed by atoms with Crippen LogP contribution in [0, 0.1) is 17.8 Å². The van der Waals surface area contributed by atoms with E-state index in [-0.39, 0.29) is 0 Å². The number of nitrogens with zero attached hydrogens (tertiary/aromatic N) is 1. The van der Waals surface area contributed by atoms with Crippen LogP contribution in [0.25, 0.3) is 0 Å². The fourth-order valence-corrected chi connectivity index (χ4v) is 2.11. The van der Waals surface area contributed by atoms with Gasteiger partial charge in [0.05, 0.1) is 0 Å². The second-order valence-corrected chi connectivity index (χ2v) is 6.50. The molecule has 0 rings (SSSR count). The molecule has 0 aromatic carbocycles. The van der Waals surface area contributed by atoms with E-state index in [0.717, 1.165) is 30.8 Å². The summed E-state index contributed by atoms with van der Waals surface area (Å²) >= 11 is 0. The predicted molar refractivity (Wildman–Crippen MR) is 78.4 cm³/mol. The number of nitrogens with one attached hydrogen (secondary N) is 1. The predicted octanol–water partition coefficient (Wildman–Crippen LogP) is 3.24. The van der Waals surface area contributed by atoms with E-state index in [2.05, 4.69) is 51.8 Å². The van der Waals surface area contributed by atoms with Gasteiger partial charge in [0.2, 0.25) is 0 Å². The second kappa shape index (κ2) is 9.90. The van der Waals surface area contributed by atoms with E-state index in [9.17, 15) is 0 Å². The van der Waals surface area contributed by atoms with Gasteiger partial charge >= 0.3 is 0 Å². The molecule has 0 saturated heterocycles. The first kappa shape index (κ1) is 16.9. The molecule has 0 spiro atoms. The average molecular weight is 242 g/mol. The molecule has 0 heterocycles. The Balaban J connectivity index is 3.68. The Bertz CT molecular complexity index is 154. The molecule has 0 bridgehead atoms. The quantitative estimate of drug-likeness (QED) is 0.592. The Hall–Kier alpha value is -0.0800. The van der Waals surface area contributed by atoms with Gasteiger partial charge in [-0.2, -0.15) is 0 Å². The minimum atomic E-state index is 0.762. The molecule has 1 N–H and O–H groups in total. The third-order valence-electron chi connectivity index (χ3n) is 2.63. The molecule has 2 nitrogen and oxygen atoms in total. The van der Waals surface area contributed by atoms with Crippen molar-refractivity contribution in [2.45, 2.75) is 48.0 Å². The van der Waals surface area contributed by atoms with Crippen LogP contribution in [0.2, 0.25) is 0 Å². The fraction of sp³-hybridized carbons (Fsp3) is 1.00. The van der Waals surface area contributed by atoms with Gasteiger partial charge in [-0.25, -0.2) is 0 Å². The summed E-state index contributed by atoms with van der Waals surface area (Å²) < 4.78 is 0. The van der Waals surface area contributed by atoms with Gasteiger partial charge in [0.25, 0.3) is 0 Å². The van der Waals surface area contributed by atoms with Crippen molar-refractivity contribution in [3.05, 3.63) is 0 Å². The minimum absolute atomic E-state index is 0.762. The van der Waals surface area contributed by atoms with E-state index in [1.54, 1.807) is 0 Å². The monoisotopic (exact) mass is 242 g/mol. The lowest BCUT2D eigenvalue weighted by Crippen LogP contribution is -2.34. The zero-order valence-corrected chi connectivity index (χ0v) is 12.9. The van der Waals surface area contributed by atoms with Crippen LogP contribution in [0.4, 0.5) is 0 Å². The van der Waals surface area contributed by atoms with Crippen LogP contribution in [0.1, 0.15) is 48.0 Å². The lowest BCUT2D eigenvalue weighted by Gasteiger charge is -2.26. The van der Waals surface area contributed by atoms with Crippen molar-refractivity contribution >= 4 is 0 Å². The van der Waals surface area contributed by atoms with Crippen molar-refractivity contribution in [1.82, 2.24) is 10.2 Å². The van der Waals surface area contributed by atoms with E-state index >= 15 is 0 Å². The first-order chi connectivity index (χ1) is 7.91. The van der Waals surface area contributed by atoms with Gasteiger partial charge in [0, 0.05) is 13.1 Å². The molecule has 0 radical (unpaired) electrons. The third-order valence-corrected chi connectivity index (χ3v) is 2.63. The van der Waals surface area contributed by atoms with Crippen molar-refractivity contribution in [2.24, 2.45) is 17.8 Å². The molecule has 0 aliphatic heterocycles. The minimum Gasteiger partial charge on any atom is -0.316 e. The lowest BCUT2D eigenvalue weighted by atomic mass is 10.1. The second-order valence-electron chi connectivity index (χ2n) is 6.50. The summed E-state index contributed by atoms with van der Waals surface area (Å²) in [6, 6.07) is 0. The highest BCUT2D eigenvalue weighted by molar-refractivity contribution is 4.63. The van der Waals surface area contributed by atoms with E-state index in [4.69, 9.17) is 0 Å². The first-order valence-corrected chi connectivity index (χ1v) is 7.34. The molecule has 0 aliphatic carbocycles. The highest BCUT2D eigenvalue weighted by Crippen LogP contribution is 2.04. The molecule has 104 valence electrons. The van der Waals surface area contributed by atoms with Gasteiger partial charge in [0.15, 0.2) is 0 Å². The van der Waals surface area contributed by atoms with Crippen molar-refractivity contribution in [1.29, 1.82) is 0 Å². The van der Waals surface area contributed by atoms with E-state index in [1.807, 2.05) is 0 Å². The number of rotatable bonds is 10. The van der Waals surface area contributed by atoms with E-state index in [0.29, 0.717) is 0 Å². The van der Waals surface area contributed by atoms with Crippen LogP contribution in [0.5, 0.6) is 0 Å². The summed E-state index contributed by atoms with van der Waals surface area (Å²) in [6.45, 7) is 19.8. The van der Waals surface area contributed by atoms with Crippen LogP contribution >= 0.6 is 0 Å². The van der Waals surface area contributed by atoms with Gasteiger partial charge in [-0.1, -0.05) is 41.5 Å². The van der Waals surface area contributed by atoms with Crippen molar-refractivity contribution in [2.75, 3.05) is 32.7 Å². The van der Waals surface area contributed by atoms with Crippen LogP contribution < -0.4 is 5.32 Å². The van der Waals surface area contributed by atoms with Gasteiger partial charge in [-0.05, 0) is 43.8 Å². The average Bonchev–Trinajstić information content (AvgIpc) is 2.14. The number of hydrogen-bond donors (Lipinski definition) is 1. The summed E-state index contributed by atoms with van der Waals surface area (Å²) in [5.41, 5.74) is 0. The van der Waals surface area contributed by atoms with Crippen LogP contribution in [-0.2, 0) is 0 Å². The smallest absolute Gasteiger partial charge is 0.000450 e. The van der Waals surface area contributed by atoms with E-state index in [1.165, 1.54) is 26.1 Å². The summed E-state index contributed by atoms with van der Waals surface area (Å²) in [5, 5.41) is 3.52. The molecule has 0 atom stereocenters. The Kier molecular flexibility index (Phi) is 9.85. The highest BCUT2D eigenvalue weighted by Gasteiger charge is 2.08. The summed E-state index contributed by atoms with van der Waals surface area (Å²) in [4.78, 5) is 2.62.